The summed E-state index contributed by atoms with van der Waals surface area (Å²) in [6, 6.07) is 3.74. The van der Waals surface area contributed by atoms with Gasteiger partial charge in [-0.25, -0.2) is 0 Å². The maximum atomic E-state index is 12.4. The van der Waals surface area contributed by atoms with E-state index in [1.54, 1.807) is 0 Å². The molecule has 1 aromatic carbocycles. The lowest BCUT2D eigenvalue weighted by molar-refractivity contribution is -0.137. The van der Waals surface area contributed by atoms with Crippen LogP contribution in [0.2, 0.25) is 0 Å². The molecule has 0 fully saturated rings. The molecule has 5 nitrogen and oxygen atoms in total. The van der Waals surface area contributed by atoms with Crippen molar-refractivity contribution in [2.45, 2.75) is 6.18 Å². The van der Waals surface area contributed by atoms with Crippen molar-refractivity contribution >= 4 is 11.8 Å². The molecule has 21 heavy (non-hydrogen) atoms. The minimum Gasteiger partial charge on any atom is -0.383 e. The predicted molar refractivity (Wildman–Crippen MR) is 68.7 cm³/mol. The summed E-state index contributed by atoms with van der Waals surface area (Å²) in [5.41, 5.74) is -0.788. The van der Waals surface area contributed by atoms with E-state index in [0.29, 0.717) is 13.2 Å². The fourth-order valence-electron chi connectivity index (χ4n) is 1.43. The second kappa shape index (κ2) is 7.63. The molecule has 0 radical (unpaired) electrons. The zero-order valence-electron chi connectivity index (χ0n) is 11.3. The van der Waals surface area contributed by atoms with Crippen LogP contribution in [-0.4, -0.2) is 38.6 Å². The van der Waals surface area contributed by atoms with Crippen LogP contribution < -0.4 is 10.6 Å². The minimum atomic E-state index is -4.45. The third kappa shape index (κ3) is 5.82. The molecule has 0 saturated heterocycles. The average Bonchev–Trinajstić information content (AvgIpc) is 2.44. The van der Waals surface area contributed by atoms with Gasteiger partial charge in [0.15, 0.2) is 0 Å². The van der Waals surface area contributed by atoms with E-state index >= 15 is 0 Å². The normalized spacial score (nSPS) is 11.0. The molecule has 116 valence electrons. The molecular weight excluding hydrogens is 289 g/mol. The third-order valence-electron chi connectivity index (χ3n) is 2.51. The molecule has 8 heteroatoms. The molecule has 0 atom stereocenters. The molecule has 0 bridgehead atoms. The molecule has 1 aromatic rings. The van der Waals surface area contributed by atoms with Crippen LogP contribution in [0.5, 0.6) is 0 Å². The summed E-state index contributed by atoms with van der Waals surface area (Å²) in [7, 11) is 1.48. The van der Waals surface area contributed by atoms with E-state index < -0.39 is 23.6 Å². The van der Waals surface area contributed by atoms with Gasteiger partial charge in [-0.05, 0) is 24.3 Å². The number of methoxy groups -OCH3 is 1. The van der Waals surface area contributed by atoms with Crippen LogP contribution in [0.15, 0.2) is 24.3 Å². The molecular formula is C13H15F3N2O3. The van der Waals surface area contributed by atoms with E-state index in [1.807, 2.05) is 0 Å². The summed E-state index contributed by atoms with van der Waals surface area (Å²) in [5.74, 6) is -1.03. The fourth-order valence-corrected chi connectivity index (χ4v) is 1.43. The highest BCUT2D eigenvalue weighted by Crippen LogP contribution is 2.28. The Labute approximate surface area is 119 Å². The van der Waals surface area contributed by atoms with Crippen molar-refractivity contribution in [2.24, 2.45) is 0 Å². The van der Waals surface area contributed by atoms with Crippen molar-refractivity contribution in [3.05, 3.63) is 35.4 Å². The van der Waals surface area contributed by atoms with E-state index in [0.717, 1.165) is 24.3 Å². The molecule has 0 aliphatic carbocycles. The highest BCUT2D eigenvalue weighted by molar-refractivity contribution is 5.96. The standard InChI is InChI=1S/C13H15F3N2O3/c1-21-7-6-17-11(19)8-18-12(20)9-2-4-10(5-3-9)13(14,15)16/h2-5H,6-8H2,1H3,(H,17,19)(H,18,20). The topological polar surface area (TPSA) is 67.4 Å². The van der Waals surface area contributed by atoms with E-state index in [9.17, 15) is 22.8 Å². The molecule has 0 saturated carbocycles. The SMILES string of the molecule is COCCNC(=O)CNC(=O)c1ccc(C(F)(F)F)cc1. The lowest BCUT2D eigenvalue weighted by atomic mass is 10.1. The van der Waals surface area contributed by atoms with Crippen molar-refractivity contribution in [2.75, 3.05) is 26.8 Å². The van der Waals surface area contributed by atoms with Gasteiger partial charge in [0.25, 0.3) is 5.91 Å². The molecule has 2 N–H and O–H groups in total. The van der Waals surface area contributed by atoms with Gasteiger partial charge in [-0.2, -0.15) is 13.2 Å². The van der Waals surface area contributed by atoms with E-state index in [-0.39, 0.29) is 12.1 Å². The summed E-state index contributed by atoms with van der Waals surface area (Å²) >= 11 is 0. The number of hydrogen-bond donors (Lipinski definition) is 2. The van der Waals surface area contributed by atoms with Gasteiger partial charge in [0.2, 0.25) is 5.91 Å². The second-order valence-electron chi connectivity index (χ2n) is 4.10. The number of hydrogen-bond acceptors (Lipinski definition) is 3. The van der Waals surface area contributed by atoms with Gasteiger partial charge >= 0.3 is 6.18 Å². The first-order chi connectivity index (χ1) is 9.84. The molecule has 2 amide bonds. The van der Waals surface area contributed by atoms with Crippen molar-refractivity contribution < 1.29 is 27.5 Å². The van der Waals surface area contributed by atoms with Crippen LogP contribution in [0.4, 0.5) is 13.2 Å². The lowest BCUT2D eigenvalue weighted by Gasteiger charge is -2.08. The maximum Gasteiger partial charge on any atom is 0.416 e. The Morgan fingerprint density at radius 3 is 2.29 bits per heavy atom. The number of nitrogens with one attached hydrogen (secondary N) is 2. The van der Waals surface area contributed by atoms with Gasteiger partial charge in [0, 0.05) is 19.2 Å². The molecule has 1 rings (SSSR count). The third-order valence-corrected chi connectivity index (χ3v) is 2.51. The average molecular weight is 304 g/mol. The summed E-state index contributed by atoms with van der Waals surface area (Å²) in [6.07, 6.45) is -4.45. The van der Waals surface area contributed by atoms with Crippen LogP contribution in [0, 0.1) is 0 Å². The first-order valence-corrected chi connectivity index (χ1v) is 6.05. The Morgan fingerprint density at radius 2 is 1.76 bits per heavy atom. The molecule has 0 heterocycles. The van der Waals surface area contributed by atoms with Gasteiger partial charge in [-0.3, -0.25) is 9.59 Å². The first-order valence-electron chi connectivity index (χ1n) is 6.05. The number of rotatable bonds is 6. The minimum absolute atomic E-state index is 0.0488. The molecule has 0 aliphatic rings. The van der Waals surface area contributed by atoms with Crippen LogP contribution >= 0.6 is 0 Å². The van der Waals surface area contributed by atoms with Crippen LogP contribution in [0.25, 0.3) is 0 Å². The van der Waals surface area contributed by atoms with Gasteiger partial charge in [0.05, 0.1) is 18.7 Å². The molecule has 0 spiro atoms. The van der Waals surface area contributed by atoms with Crippen LogP contribution in [0.3, 0.4) is 0 Å². The van der Waals surface area contributed by atoms with Gasteiger partial charge in [0.1, 0.15) is 0 Å². The van der Waals surface area contributed by atoms with Gasteiger partial charge < -0.3 is 15.4 Å². The second-order valence-corrected chi connectivity index (χ2v) is 4.10. The largest absolute Gasteiger partial charge is 0.416 e. The number of carbonyl (C=O) groups is 2. The van der Waals surface area contributed by atoms with Crippen LogP contribution in [0.1, 0.15) is 15.9 Å². The van der Waals surface area contributed by atoms with Crippen LogP contribution in [-0.2, 0) is 15.7 Å². The molecule has 0 aliphatic heterocycles. The summed E-state index contributed by atoms with van der Waals surface area (Å²) in [5, 5.41) is 4.80. The summed E-state index contributed by atoms with van der Waals surface area (Å²) < 4.78 is 41.8. The van der Waals surface area contributed by atoms with E-state index in [4.69, 9.17) is 4.74 Å². The quantitative estimate of drug-likeness (QED) is 0.776. The number of alkyl halides is 3. The van der Waals surface area contributed by atoms with Crippen molar-refractivity contribution in [3.63, 3.8) is 0 Å². The smallest absolute Gasteiger partial charge is 0.383 e. The number of halogens is 3. The van der Waals surface area contributed by atoms with Gasteiger partial charge in [-0.1, -0.05) is 0 Å². The Morgan fingerprint density at radius 1 is 1.14 bits per heavy atom. The monoisotopic (exact) mass is 304 g/mol. The van der Waals surface area contributed by atoms with Crippen molar-refractivity contribution in [1.29, 1.82) is 0 Å². The summed E-state index contributed by atoms with van der Waals surface area (Å²) in [4.78, 5) is 23.0. The highest BCUT2D eigenvalue weighted by atomic mass is 19.4. The van der Waals surface area contributed by atoms with Crippen molar-refractivity contribution in [3.8, 4) is 0 Å². The molecule has 0 unspecified atom stereocenters. The lowest BCUT2D eigenvalue weighted by Crippen LogP contribution is -2.38. The number of carbonyl (C=O) groups excluding carboxylic acids is 2. The predicted octanol–water partition coefficient (Wildman–Crippen LogP) is 1.20. The Hall–Kier alpha value is -2.09. The Balaban J connectivity index is 2.47. The maximum absolute atomic E-state index is 12.4. The number of amides is 2. The molecule has 0 aromatic heterocycles. The summed E-state index contributed by atoms with van der Waals surface area (Å²) in [6.45, 7) is 0.396. The Kier molecular flexibility index (Phi) is 6.16. The van der Waals surface area contributed by atoms with Crippen molar-refractivity contribution in [1.82, 2.24) is 10.6 Å². The zero-order valence-corrected chi connectivity index (χ0v) is 11.3. The fraction of sp³-hybridized carbons (Fsp3) is 0.385. The Bertz CT molecular complexity index is 486. The highest BCUT2D eigenvalue weighted by Gasteiger charge is 2.30. The number of benzene rings is 1. The first kappa shape index (κ1) is 17.0. The zero-order chi connectivity index (χ0) is 15.9. The number of ether oxygens (including phenoxy) is 1. The van der Waals surface area contributed by atoms with E-state index in [1.165, 1.54) is 7.11 Å². The van der Waals surface area contributed by atoms with Gasteiger partial charge in [-0.15, -0.1) is 0 Å². The van der Waals surface area contributed by atoms with E-state index in [2.05, 4.69) is 10.6 Å².